The van der Waals surface area contributed by atoms with Gasteiger partial charge in [-0.15, -0.1) is 5.10 Å². The average Bonchev–Trinajstić information content (AvgIpc) is 3.54. The molecule has 31 heavy (non-hydrogen) atoms. The van der Waals surface area contributed by atoms with Gasteiger partial charge >= 0.3 is 0 Å². The van der Waals surface area contributed by atoms with Crippen LogP contribution in [-0.2, 0) is 11.8 Å². The van der Waals surface area contributed by atoms with E-state index in [1.54, 1.807) is 40.9 Å². The third-order valence-corrected chi connectivity index (χ3v) is 5.16. The van der Waals surface area contributed by atoms with Crippen molar-refractivity contribution in [3.05, 3.63) is 48.7 Å². The molecule has 1 amide bonds. The SMILES string of the molecule is CNC(=O)c1cncc(-c2cnc3cc(-c4cnn(C)c4)c(OC4CCOC4)nn23)c1. The van der Waals surface area contributed by atoms with Crippen molar-refractivity contribution in [3.8, 4) is 28.3 Å². The van der Waals surface area contributed by atoms with Gasteiger partial charge in [0, 0.05) is 50.2 Å². The monoisotopic (exact) mass is 419 g/mol. The molecule has 10 heteroatoms. The number of aromatic nitrogens is 6. The second-order valence-corrected chi connectivity index (χ2v) is 7.32. The van der Waals surface area contributed by atoms with Crippen LogP contribution >= 0.6 is 0 Å². The number of nitrogens with zero attached hydrogens (tertiary/aromatic N) is 6. The van der Waals surface area contributed by atoms with Gasteiger partial charge in [-0.25, -0.2) is 9.50 Å². The zero-order valence-electron chi connectivity index (χ0n) is 17.1. The Morgan fingerprint density at radius 3 is 2.87 bits per heavy atom. The highest BCUT2D eigenvalue weighted by molar-refractivity contribution is 5.94. The zero-order chi connectivity index (χ0) is 21.4. The molecule has 0 spiro atoms. The Morgan fingerprint density at radius 2 is 2.13 bits per heavy atom. The van der Waals surface area contributed by atoms with Gasteiger partial charge < -0.3 is 14.8 Å². The van der Waals surface area contributed by atoms with Gasteiger partial charge in [0.1, 0.15) is 6.10 Å². The van der Waals surface area contributed by atoms with E-state index in [0.717, 1.165) is 23.1 Å². The molecule has 5 heterocycles. The summed E-state index contributed by atoms with van der Waals surface area (Å²) < 4.78 is 15.1. The highest BCUT2D eigenvalue weighted by atomic mass is 16.5. The predicted octanol–water partition coefficient (Wildman–Crippen LogP) is 1.72. The maximum absolute atomic E-state index is 12.0. The van der Waals surface area contributed by atoms with Crippen molar-refractivity contribution in [1.82, 2.24) is 34.7 Å². The standard InChI is InChI=1S/C21H21N7O3/c1-22-20(29)14-5-13(7-23-8-14)18-10-24-19-6-17(15-9-25-27(2)11-15)21(26-28(18)19)31-16-3-4-30-12-16/h5-11,16H,3-4,12H2,1-2H3,(H,22,29). The molecule has 1 fully saturated rings. The molecule has 0 aromatic carbocycles. The van der Waals surface area contributed by atoms with E-state index in [0.29, 0.717) is 36.0 Å². The molecule has 4 aromatic heterocycles. The second-order valence-electron chi connectivity index (χ2n) is 7.32. The fourth-order valence-electron chi connectivity index (χ4n) is 3.56. The first-order chi connectivity index (χ1) is 15.1. The minimum atomic E-state index is -0.208. The first-order valence-electron chi connectivity index (χ1n) is 9.92. The Hall–Kier alpha value is -3.79. The lowest BCUT2D eigenvalue weighted by atomic mass is 10.1. The highest BCUT2D eigenvalue weighted by Gasteiger charge is 2.22. The molecule has 1 saturated heterocycles. The van der Waals surface area contributed by atoms with E-state index in [9.17, 15) is 4.79 Å². The second kappa shape index (κ2) is 7.80. The number of carbonyl (C=O) groups excluding carboxylic acids is 1. The van der Waals surface area contributed by atoms with Crippen LogP contribution in [0.3, 0.4) is 0 Å². The Balaban J connectivity index is 1.63. The Labute approximate surface area is 177 Å². The summed E-state index contributed by atoms with van der Waals surface area (Å²) in [5.74, 6) is 0.269. The molecular weight excluding hydrogens is 398 g/mol. The molecule has 1 aliphatic rings. The number of nitrogens with one attached hydrogen (secondary N) is 1. The van der Waals surface area contributed by atoms with Crippen molar-refractivity contribution in [1.29, 1.82) is 0 Å². The van der Waals surface area contributed by atoms with Crippen LogP contribution in [0.5, 0.6) is 5.88 Å². The van der Waals surface area contributed by atoms with Gasteiger partial charge in [-0.05, 0) is 12.1 Å². The number of aryl methyl sites for hydroxylation is 1. The number of ether oxygens (including phenoxy) is 2. The molecule has 0 aliphatic carbocycles. The molecule has 0 bridgehead atoms. The molecular formula is C21H21N7O3. The Kier molecular flexibility index (Phi) is 4.83. The molecule has 1 unspecified atom stereocenters. The fourth-order valence-corrected chi connectivity index (χ4v) is 3.56. The van der Waals surface area contributed by atoms with Crippen molar-refractivity contribution < 1.29 is 14.3 Å². The molecule has 1 atom stereocenters. The minimum Gasteiger partial charge on any atom is -0.470 e. The number of imidazole rings is 1. The average molecular weight is 419 g/mol. The molecule has 1 N–H and O–H groups in total. The van der Waals surface area contributed by atoms with Gasteiger partial charge in [-0.3, -0.25) is 14.5 Å². The maximum Gasteiger partial charge on any atom is 0.252 e. The summed E-state index contributed by atoms with van der Waals surface area (Å²) in [5.41, 5.74) is 4.24. The van der Waals surface area contributed by atoms with Gasteiger partial charge in [0.05, 0.1) is 42.4 Å². The van der Waals surface area contributed by atoms with Crippen molar-refractivity contribution >= 4 is 11.6 Å². The molecule has 158 valence electrons. The van der Waals surface area contributed by atoms with Crippen molar-refractivity contribution in [2.45, 2.75) is 12.5 Å². The molecule has 4 aromatic rings. The smallest absolute Gasteiger partial charge is 0.252 e. The lowest BCUT2D eigenvalue weighted by Gasteiger charge is -2.14. The van der Waals surface area contributed by atoms with E-state index >= 15 is 0 Å². The van der Waals surface area contributed by atoms with E-state index in [1.165, 1.54) is 6.20 Å². The summed E-state index contributed by atoms with van der Waals surface area (Å²) in [7, 11) is 3.45. The third-order valence-electron chi connectivity index (χ3n) is 5.16. The number of rotatable bonds is 5. The summed E-state index contributed by atoms with van der Waals surface area (Å²) in [6.07, 6.45) is 9.33. The summed E-state index contributed by atoms with van der Waals surface area (Å²) in [5, 5.41) is 11.6. The zero-order valence-corrected chi connectivity index (χ0v) is 17.1. The largest absolute Gasteiger partial charge is 0.470 e. The number of amides is 1. The van der Waals surface area contributed by atoms with Gasteiger partial charge in [-0.2, -0.15) is 5.10 Å². The van der Waals surface area contributed by atoms with E-state index in [4.69, 9.17) is 14.6 Å². The lowest BCUT2D eigenvalue weighted by Crippen LogP contribution is -2.18. The number of carbonyl (C=O) groups is 1. The van der Waals surface area contributed by atoms with Crippen LogP contribution in [0, 0.1) is 0 Å². The van der Waals surface area contributed by atoms with Crippen LogP contribution in [0.1, 0.15) is 16.8 Å². The summed E-state index contributed by atoms with van der Waals surface area (Å²) in [6.45, 7) is 1.20. The van der Waals surface area contributed by atoms with Gasteiger partial charge in [-0.1, -0.05) is 0 Å². The predicted molar refractivity (Wildman–Crippen MR) is 112 cm³/mol. The Bertz CT molecular complexity index is 1260. The maximum atomic E-state index is 12.0. The minimum absolute atomic E-state index is 0.0643. The van der Waals surface area contributed by atoms with Gasteiger partial charge in [0.15, 0.2) is 5.65 Å². The normalized spacial score (nSPS) is 16.0. The van der Waals surface area contributed by atoms with E-state index in [2.05, 4.69) is 20.4 Å². The third kappa shape index (κ3) is 3.61. The number of pyridine rings is 1. The van der Waals surface area contributed by atoms with E-state index in [1.807, 2.05) is 19.3 Å². The van der Waals surface area contributed by atoms with Crippen LogP contribution in [0.2, 0.25) is 0 Å². The molecule has 0 saturated carbocycles. The van der Waals surface area contributed by atoms with Crippen LogP contribution in [0.4, 0.5) is 0 Å². The highest BCUT2D eigenvalue weighted by Crippen LogP contribution is 2.32. The lowest BCUT2D eigenvalue weighted by molar-refractivity contribution is 0.0962. The topological polar surface area (TPSA) is 108 Å². The number of hydrogen-bond acceptors (Lipinski definition) is 7. The van der Waals surface area contributed by atoms with Gasteiger partial charge in [0.2, 0.25) is 5.88 Å². The van der Waals surface area contributed by atoms with Crippen molar-refractivity contribution in [3.63, 3.8) is 0 Å². The summed E-state index contributed by atoms with van der Waals surface area (Å²) in [4.78, 5) is 20.7. The van der Waals surface area contributed by atoms with Crippen LogP contribution < -0.4 is 10.1 Å². The van der Waals surface area contributed by atoms with E-state index < -0.39 is 0 Å². The van der Waals surface area contributed by atoms with E-state index in [-0.39, 0.29) is 12.0 Å². The van der Waals surface area contributed by atoms with Crippen molar-refractivity contribution in [2.75, 3.05) is 20.3 Å². The van der Waals surface area contributed by atoms with Gasteiger partial charge in [0.25, 0.3) is 5.91 Å². The molecule has 1 aliphatic heterocycles. The number of fused-ring (bicyclic) bond motifs is 1. The van der Waals surface area contributed by atoms with Crippen molar-refractivity contribution in [2.24, 2.45) is 7.05 Å². The Morgan fingerprint density at radius 1 is 1.23 bits per heavy atom. The quantitative estimate of drug-likeness (QED) is 0.525. The molecule has 0 radical (unpaired) electrons. The summed E-state index contributed by atoms with van der Waals surface area (Å²) in [6, 6.07) is 3.69. The van der Waals surface area contributed by atoms with Crippen LogP contribution in [-0.4, -0.2) is 61.6 Å². The molecule has 5 rings (SSSR count). The van der Waals surface area contributed by atoms with Crippen LogP contribution in [0.15, 0.2) is 43.1 Å². The number of hydrogen-bond donors (Lipinski definition) is 1. The fraction of sp³-hybridized carbons (Fsp3) is 0.286. The molecule has 10 nitrogen and oxygen atoms in total. The summed E-state index contributed by atoms with van der Waals surface area (Å²) >= 11 is 0. The van der Waals surface area contributed by atoms with Crippen LogP contribution in [0.25, 0.3) is 28.0 Å². The first kappa shape index (κ1) is 19.2. The first-order valence-corrected chi connectivity index (χ1v) is 9.92.